The third-order valence-electron chi connectivity index (χ3n) is 3.39. The van der Waals surface area contributed by atoms with Gasteiger partial charge < -0.3 is 15.4 Å². The normalized spacial score (nSPS) is 22.5. The Morgan fingerprint density at radius 1 is 1.43 bits per heavy atom. The molecule has 1 aliphatic heterocycles. The van der Waals surface area contributed by atoms with E-state index in [2.05, 4.69) is 0 Å². The highest BCUT2D eigenvalue weighted by Gasteiger charge is 2.38. The Morgan fingerprint density at radius 2 is 2.10 bits per heavy atom. The lowest BCUT2D eigenvalue weighted by Crippen LogP contribution is -2.36. The van der Waals surface area contributed by atoms with Gasteiger partial charge in [-0.15, -0.1) is 0 Å². The largest absolute Gasteiger partial charge is 0.444 e. The van der Waals surface area contributed by atoms with Crippen molar-refractivity contribution in [3.05, 3.63) is 34.6 Å². The second kappa shape index (κ2) is 5.81. The molecule has 2 rings (SSSR count). The first-order chi connectivity index (χ1) is 9.69. The number of nitrogens with two attached hydrogens (primary N) is 1. The number of likely N-dealkylation sites (tertiary alicyclic amines) is 1. The van der Waals surface area contributed by atoms with E-state index in [1.807, 2.05) is 0 Å². The van der Waals surface area contributed by atoms with Crippen LogP contribution in [0, 0.1) is 5.82 Å². The summed E-state index contributed by atoms with van der Waals surface area (Å²) in [5.74, 6) is -0.722. The number of carbonyl (C=O) groups excluding carboxylic acids is 1. The smallest absolute Gasteiger partial charge is 0.410 e. The maximum Gasteiger partial charge on any atom is 0.410 e. The van der Waals surface area contributed by atoms with E-state index >= 15 is 0 Å². The molecule has 1 aliphatic rings. The number of amides is 1. The lowest BCUT2D eigenvalue weighted by Gasteiger charge is -2.24. The van der Waals surface area contributed by atoms with Gasteiger partial charge >= 0.3 is 6.09 Å². The topological polar surface area (TPSA) is 55.6 Å². The fourth-order valence-corrected chi connectivity index (χ4v) is 2.78. The predicted octanol–water partition coefficient (Wildman–Crippen LogP) is 3.14. The molecule has 0 spiro atoms. The van der Waals surface area contributed by atoms with Crippen LogP contribution in [0.1, 0.15) is 32.3 Å². The SMILES string of the molecule is CC(C)(C)OC(=O)N1C[C@H](c2c(F)cccc2Cl)[C@@H](N)C1. The summed E-state index contributed by atoms with van der Waals surface area (Å²) in [6, 6.07) is 4.16. The molecule has 0 aromatic heterocycles. The van der Waals surface area contributed by atoms with E-state index < -0.39 is 17.5 Å². The van der Waals surface area contributed by atoms with Crippen molar-refractivity contribution < 1.29 is 13.9 Å². The van der Waals surface area contributed by atoms with Crippen molar-refractivity contribution in [2.24, 2.45) is 5.73 Å². The van der Waals surface area contributed by atoms with Crippen LogP contribution >= 0.6 is 11.6 Å². The zero-order valence-corrected chi connectivity index (χ0v) is 13.2. The van der Waals surface area contributed by atoms with Gasteiger partial charge in [-0.2, -0.15) is 0 Å². The molecule has 2 N–H and O–H groups in total. The van der Waals surface area contributed by atoms with E-state index in [1.54, 1.807) is 32.9 Å². The number of carbonyl (C=O) groups is 1. The molecule has 0 saturated carbocycles. The Kier molecular flexibility index (Phi) is 4.44. The molecule has 1 fully saturated rings. The van der Waals surface area contributed by atoms with Gasteiger partial charge in [0.05, 0.1) is 0 Å². The molecular weight excluding hydrogens is 295 g/mol. The van der Waals surface area contributed by atoms with Gasteiger partial charge in [0.1, 0.15) is 11.4 Å². The molecule has 1 aromatic rings. The van der Waals surface area contributed by atoms with Crippen LogP contribution in [0.25, 0.3) is 0 Å². The minimum Gasteiger partial charge on any atom is -0.444 e. The summed E-state index contributed by atoms with van der Waals surface area (Å²) in [6.07, 6.45) is -0.437. The van der Waals surface area contributed by atoms with Gasteiger partial charge in [-0.25, -0.2) is 9.18 Å². The fourth-order valence-electron chi connectivity index (χ4n) is 2.47. The average Bonchev–Trinajstić information content (AvgIpc) is 2.69. The highest BCUT2D eigenvalue weighted by molar-refractivity contribution is 6.31. The van der Waals surface area contributed by atoms with Crippen LogP contribution in [0.3, 0.4) is 0 Å². The maximum atomic E-state index is 14.0. The molecule has 0 aliphatic carbocycles. The Labute approximate surface area is 129 Å². The maximum absolute atomic E-state index is 14.0. The summed E-state index contributed by atoms with van der Waals surface area (Å²) in [5, 5.41) is 0.335. The second-order valence-electron chi connectivity index (χ2n) is 6.29. The van der Waals surface area contributed by atoms with Crippen molar-refractivity contribution in [3.8, 4) is 0 Å². The van der Waals surface area contributed by atoms with Crippen LogP contribution in [0.4, 0.5) is 9.18 Å². The molecular formula is C15H20ClFN2O2. The number of rotatable bonds is 1. The zero-order valence-electron chi connectivity index (χ0n) is 12.4. The summed E-state index contributed by atoms with van der Waals surface area (Å²) < 4.78 is 19.3. The number of benzene rings is 1. The molecule has 6 heteroatoms. The minimum atomic E-state index is -0.574. The standard InChI is InChI=1S/C15H20ClFN2O2/c1-15(2,3)21-14(20)19-7-9(12(18)8-19)13-10(16)5-4-6-11(13)17/h4-6,9,12H,7-8,18H2,1-3H3/t9-,12-/m0/s1. The summed E-state index contributed by atoms with van der Waals surface area (Å²) >= 11 is 6.08. The van der Waals surface area contributed by atoms with Gasteiger partial charge in [-0.1, -0.05) is 17.7 Å². The molecule has 0 radical (unpaired) electrons. The van der Waals surface area contributed by atoms with Crippen LogP contribution in [0.2, 0.25) is 5.02 Å². The lowest BCUT2D eigenvalue weighted by atomic mass is 9.94. The first-order valence-corrected chi connectivity index (χ1v) is 7.24. The molecule has 2 atom stereocenters. The molecule has 1 saturated heterocycles. The lowest BCUT2D eigenvalue weighted by molar-refractivity contribution is 0.0290. The first kappa shape index (κ1) is 16.0. The first-order valence-electron chi connectivity index (χ1n) is 6.86. The molecule has 0 bridgehead atoms. The van der Waals surface area contributed by atoms with E-state index in [0.29, 0.717) is 23.7 Å². The van der Waals surface area contributed by atoms with Crippen molar-refractivity contribution >= 4 is 17.7 Å². The summed E-state index contributed by atoms with van der Waals surface area (Å²) in [7, 11) is 0. The Morgan fingerprint density at radius 3 is 2.67 bits per heavy atom. The monoisotopic (exact) mass is 314 g/mol. The van der Waals surface area contributed by atoms with E-state index in [-0.39, 0.29) is 12.0 Å². The Hall–Kier alpha value is -1.33. The Bertz CT molecular complexity index is 525. The Balaban J connectivity index is 2.17. The van der Waals surface area contributed by atoms with Gasteiger partial charge in [-0.3, -0.25) is 0 Å². The number of hydrogen-bond donors (Lipinski definition) is 1. The molecule has 0 unspecified atom stereocenters. The van der Waals surface area contributed by atoms with Crippen LogP contribution in [-0.2, 0) is 4.74 Å². The van der Waals surface area contributed by atoms with E-state index in [0.717, 1.165) is 0 Å². The van der Waals surface area contributed by atoms with Gasteiger partial charge in [0.2, 0.25) is 0 Å². The van der Waals surface area contributed by atoms with Gasteiger partial charge in [0.15, 0.2) is 0 Å². The fraction of sp³-hybridized carbons (Fsp3) is 0.533. The van der Waals surface area contributed by atoms with E-state index in [9.17, 15) is 9.18 Å². The number of ether oxygens (including phenoxy) is 1. The van der Waals surface area contributed by atoms with Crippen molar-refractivity contribution in [3.63, 3.8) is 0 Å². The van der Waals surface area contributed by atoms with Crippen LogP contribution < -0.4 is 5.73 Å². The molecule has 1 aromatic carbocycles. The summed E-state index contributed by atoms with van der Waals surface area (Å²) in [6.45, 7) is 6.02. The van der Waals surface area contributed by atoms with Crippen molar-refractivity contribution in [1.82, 2.24) is 4.90 Å². The third-order valence-corrected chi connectivity index (χ3v) is 3.72. The van der Waals surface area contributed by atoms with Gasteiger partial charge in [0, 0.05) is 35.6 Å². The third kappa shape index (κ3) is 3.66. The van der Waals surface area contributed by atoms with Gasteiger partial charge in [0.25, 0.3) is 0 Å². The predicted molar refractivity (Wildman–Crippen MR) is 79.9 cm³/mol. The number of nitrogens with zero attached hydrogens (tertiary/aromatic N) is 1. The van der Waals surface area contributed by atoms with Crippen LogP contribution in [-0.4, -0.2) is 35.7 Å². The van der Waals surface area contributed by atoms with Crippen LogP contribution in [0.15, 0.2) is 18.2 Å². The highest BCUT2D eigenvalue weighted by Crippen LogP contribution is 2.34. The van der Waals surface area contributed by atoms with Crippen molar-refractivity contribution in [2.45, 2.75) is 38.3 Å². The molecule has 1 amide bonds. The molecule has 4 nitrogen and oxygen atoms in total. The summed E-state index contributed by atoms with van der Waals surface area (Å²) in [5.41, 5.74) is 5.86. The highest BCUT2D eigenvalue weighted by atomic mass is 35.5. The van der Waals surface area contributed by atoms with Gasteiger partial charge in [-0.05, 0) is 32.9 Å². The minimum absolute atomic E-state index is 0.302. The molecule has 21 heavy (non-hydrogen) atoms. The van der Waals surface area contributed by atoms with Crippen molar-refractivity contribution in [2.75, 3.05) is 13.1 Å². The van der Waals surface area contributed by atoms with Crippen LogP contribution in [0.5, 0.6) is 0 Å². The number of halogens is 2. The van der Waals surface area contributed by atoms with E-state index in [1.165, 1.54) is 11.0 Å². The average molecular weight is 315 g/mol. The van der Waals surface area contributed by atoms with E-state index in [4.69, 9.17) is 22.1 Å². The second-order valence-corrected chi connectivity index (χ2v) is 6.70. The number of hydrogen-bond acceptors (Lipinski definition) is 3. The van der Waals surface area contributed by atoms with Crippen molar-refractivity contribution in [1.29, 1.82) is 0 Å². The summed E-state index contributed by atoms with van der Waals surface area (Å²) in [4.78, 5) is 13.6. The quantitative estimate of drug-likeness (QED) is 0.866. The molecule has 1 heterocycles. The zero-order chi connectivity index (χ0) is 15.8. The molecule has 116 valence electrons.